The number of aromatic nitrogens is 1. The third kappa shape index (κ3) is 4.62. The van der Waals surface area contributed by atoms with E-state index in [4.69, 9.17) is 0 Å². The van der Waals surface area contributed by atoms with Crippen LogP contribution in [-0.4, -0.2) is 16.9 Å². The lowest BCUT2D eigenvalue weighted by molar-refractivity contribution is -0.115. The van der Waals surface area contributed by atoms with E-state index in [-0.39, 0.29) is 5.91 Å². The van der Waals surface area contributed by atoms with Crippen molar-refractivity contribution in [3.63, 3.8) is 0 Å². The van der Waals surface area contributed by atoms with Crippen molar-refractivity contribution in [3.8, 4) is 0 Å². The van der Waals surface area contributed by atoms with Gasteiger partial charge >= 0.3 is 0 Å². The minimum atomic E-state index is -0.0253. The molecule has 0 unspecified atom stereocenters. The first kappa shape index (κ1) is 17.6. The molecule has 23 heavy (non-hydrogen) atoms. The van der Waals surface area contributed by atoms with Gasteiger partial charge in [0.25, 0.3) is 0 Å². The minimum Gasteiger partial charge on any atom is -0.308 e. The van der Waals surface area contributed by atoms with Crippen molar-refractivity contribution >= 4 is 28.1 Å². The van der Waals surface area contributed by atoms with Crippen LogP contribution in [0.25, 0.3) is 0 Å². The van der Waals surface area contributed by atoms with Gasteiger partial charge in [-0.15, -0.1) is 11.3 Å². The zero-order chi connectivity index (χ0) is 16.8. The Bertz CT molecular complexity index is 632. The lowest BCUT2D eigenvalue weighted by atomic mass is 10.2. The van der Waals surface area contributed by atoms with E-state index >= 15 is 0 Å². The molecular formula is C18H25N3OS. The van der Waals surface area contributed by atoms with E-state index in [1.807, 2.05) is 36.6 Å². The van der Waals surface area contributed by atoms with Crippen molar-refractivity contribution in [1.29, 1.82) is 0 Å². The molecule has 0 aliphatic carbocycles. The smallest absolute Gasteiger partial charge is 0.230 e. The highest BCUT2D eigenvalue weighted by atomic mass is 32.1. The second kappa shape index (κ2) is 8.22. The van der Waals surface area contributed by atoms with E-state index in [1.54, 1.807) is 11.8 Å². The van der Waals surface area contributed by atoms with E-state index in [0.29, 0.717) is 6.04 Å². The molecule has 1 amide bonds. The molecule has 1 heterocycles. The number of anilines is 2. The number of benzene rings is 1. The van der Waals surface area contributed by atoms with Gasteiger partial charge in [-0.05, 0) is 31.9 Å². The first-order chi connectivity index (χ1) is 11.0. The molecule has 0 radical (unpaired) electrons. The lowest BCUT2D eigenvalue weighted by Gasteiger charge is -2.18. The van der Waals surface area contributed by atoms with Gasteiger partial charge in [0.1, 0.15) is 0 Å². The summed E-state index contributed by atoms with van der Waals surface area (Å²) in [4.78, 5) is 18.4. The molecule has 0 saturated carbocycles. The standard InChI is InChI=1S/C18H25N3OS/c1-5-15(6-2)19-11-16-12-23-18(20-16)21(14(4)22)17-9-7-13(3)8-10-17/h7-10,12,15,19H,5-6,11H2,1-4H3. The highest BCUT2D eigenvalue weighted by Gasteiger charge is 2.18. The summed E-state index contributed by atoms with van der Waals surface area (Å²) in [7, 11) is 0. The average Bonchev–Trinajstić information content (AvgIpc) is 2.98. The Labute approximate surface area is 142 Å². The molecule has 0 atom stereocenters. The number of thiazole rings is 1. The van der Waals surface area contributed by atoms with Crippen LogP contribution in [0, 0.1) is 6.92 Å². The van der Waals surface area contributed by atoms with E-state index in [0.717, 1.165) is 35.9 Å². The molecule has 1 N–H and O–H groups in total. The van der Waals surface area contributed by atoms with Crippen LogP contribution in [0.2, 0.25) is 0 Å². The molecular weight excluding hydrogens is 306 g/mol. The summed E-state index contributed by atoms with van der Waals surface area (Å²) in [5.74, 6) is -0.0253. The molecule has 1 aromatic heterocycles. The van der Waals surface area contributed by atoms with Crippen molar-refractivity contribution in [2.45, 2.75) is 53.1 Å². The van der Waals surface area contributed by atoms with E-state index in [9.17, 15) is 4.79 Å². The van der Waals surface area contributed by atoms with Gasteiger partial charge < -0.3 is 5.32 Å². The third-order valence-corrected chi connectivity index (χ3v) is 4.77. The predicted octanol–water partition coefficient (Wildman–Crippen LogP) is 4.41. The molecule has 0 spiro atoms. The summed E-state index contributed by atoms with van der Waals surface area (Å²) < 4.78 is 0. The fraction of sp³-hybridized carbons (Fsp3) is 0.444. The first-order valence-electron chi connectivity index (χ1n) is 8.10. The van der Waals surface area contributed by atoms with Gasteiger partial charge in [-0.3, -0.25) is 9.69 Å². The average molecular weight is 331 g/mol. The summed E-state index contributed by atoms with van der Waals surface area (Å²) in [6, 6.07) is 8.45. The Morgan fingerprint density at radius 1 is 1.26 bits per heavy atom. The first-order valence-corrected chi connectivity index (χ1v) is 8.98. The topological polar surface area (TPSA) is 45.2 Å². The monoisotopic (exact) mass is 331 g/mol. The van der Waals surface area contributed by atoms with Gasteiger partial charge in [0.05, 0.1) is 11.4 Å². The summed E-state index contributed by atoms with van der Waals surface area (Å²) in [6.07, 6.45) is 2.22. The van der Waals surface area contributed by atoms with Crippen molar-refractivity contribution in [2.75, 3.05) is 4.90 Å². The highest BCUT2D eigenvalue weighted by molar-refractivity contribution is 7.14. The number of amides is 1. The number of hydrogen-bond acceptors (Lipinski definition) is 4. The van der Waals surface area contributed by atoms with Crippen LogP contribution in [0.3, 0.4) is 0 Å². The summed E-state index contributed by atoms with van der Waals surface area (Å²) in [6.45, 7) is 8.71. The number of nitrogens with zero attached hydrogens (tertiary/aromatic N) is 2. The van der Waals surface area contributed by atoms with Crippen LogP contribution in [0.5, 0.6) is 0 Å². The normalized spacial score (nSPS) is 11.0. The highest BCUT2D eigenvalue weighted by Crippen LogP contribution is 2.29. The third-order valence-electron chi connectivity index (χ3n) is 3.90. The fourth-order valence-corrected chi connectivity index (χ4v) is 3.31. The number of carbonyl (C=O) groups excluding carboxylic acids is 1. The molecule has 0 fully saturated rings. The van der Waals surface area contributed by atoms with Crippen LogP contribution >= 0.6 is 11.3 Å². The van der Waals surface area contributed by atoms with Crippen LogP contribution in [0.4, 0.5) is 10.8 Å². The Morgan fingerprint density at radius 2 is 1.91 bits per heavy atom. The zero-order valence-electron chi connectivity index (χ0n) is 14.3. The van der Waals surface area contributed by atoms with Crippen molar-refractivity contribution in [1.82, 2.24) is 10.3 Å². The molecule has 4 nitrogen and oxygen atoms in total. The predicted molar refractivity (Wildman–Crippen MR) is 97.3 cm³/mol. The molecule has 1 aromatic carbocycles. The van der Waals surface area contributed by atoms with E-state index in [2.05, 4.69) is 24.1 Å². The Morgan fingerprint density at radius 3 is 2.48 bits per heavy atom. The Balaban J connectivity index is 2.15. The van der Waals surface area contributed by atoms with Crippen LogP contribution < -0.4 is 10.2 Å². The summed E-state index contributed by atoms with van der Waals surface area (Å²) in [5.41, 5.74) is 3.01. The SMILES string of the molecule is CCC(CC)NCc1csc(N(C(C)=O)c2ccc(C)cc2)n1. The molecule has 2 aromatic rings. The van der Waals surface area contributed by atoms with Gasteiger partial charge in [-0.2, -0.15) is 0 Å². The second-order valence-corrected chi connectivity index (χ2v) is 6.54. The molecule has 0 saturated heterocycles. The zero-order valence-corrected chi connectivity index (χ0v) is 15.1. The maximum absolute atomic E-state index is 12.1. The summed E-state index contributed by atoms with van der Waals surface area (Å²) in [5, 5.41) is 6.25. The number of nitrogens with one attached hydrogen (secondary N) is 1. The van der Waals surface area contributed by atoms with Gasteiger partial charge in [0, 0.05) is 24.9 Å². The number of aryl methyl sites for hydroxylation is 1. The number of carbonyl (C=O) groups is 1. The fourth-order valence-electron chi connectivity index (χ4n) is 2.43. The minimum absolute atomic E-state index is 0.0253. The van der Waals surface area contributed by atoms with Crippen LogP contribution in [-0.2, 0) is 11.3 Å². The van der Waals surface area contributed by atoms with Crippen molar-refractivity contribution < 1.29 is 4.79 Å². The van der Waals surface area contributed by atoms with Gasteiger partial charge in [0.15, 0.2) is 5.13 Å². The Kier molecular flexibility index (Phi) is 6.30. The second-order valence-electron chi connectivity index (χ2n) is 5.71. The van der Waals surface area contributed by atoms with Crippen LogP contribution in [0.15, 0.2) is 29.6 Å². The molecule has 0 aliphatic rings. The summed E-state index contributed by atoms with van der Waals surface area (Å²) >= 11 is 1.51. The molecule has 2 rings (SSSR count). The van der Waals surface area contributed by atoms with Gasteiger partial charge in [-0.25, -0.2) is 4.98 Å². The van der Waals surface area contributed by atoms with Crippen molar-refractivity contribution in [2.24, 2.45) is 0 Å². The molecule has 5 heteroatoms. The quantitative estimate of drug-likeness (QED) is 0.817. The molecule has 0 bridgehead atoms. The Hall–Kier alpha value is -1.72. The van der Waals surface area contributed by atoms with Gasteiger partial charge in [-0.1, -0.05) is 31.5 Å². The van der Waals surface area contributed by atoms with Crippen molar-refractivity contribution in [3.05, 3.63) is 40.9 Å². The largest absolute Gasteiger partial charge is 0.308 e. The van der Waals surface area contributed by atoms with Crippen LogP contribution in [0.1, 0.15) is 44.9 Å². The van der Waals surface area contributed by atoms with Gasteiger partial charge in [0.2, 0.25) is 5.91 Å². The van der Waals surface area contributed by atoms with E-state index in [1.165, 1.54) is 16.9 Å². The molecule has 0 aliphatic heterocycles. The molecule has 124 valence electrons. The maximum atomic E-state index is 12.1. The number of hydrogen-bond donors (Lipinski definition) is 1. The number of rotatable bonds is 7. The maximum Gasteiger partial charge on any atom is 0.230 e. The van der Waals surface area contributed by atoms with E-state index < -0.39 is 0 Å². The lowest BCUT2D eigenvalue weighted by Crippen LogP contribution is -2.27.